The summed E-state index contributed by atoms with van der Waals surface area (Å²) < 4.78 is 14.6. The SMILES string of the molecule is CC1(C)O[C@H]2[C@H](n3cnc4c(N)ncnc43)C[C@]3(C[C@H](CO)C3)[C@H]2O1. The van der Waals surface area contributed by atoms with Gasteiger partial charge in [0.25, 0.3) is 0 Å². The highest BCUT2D eigenvalue weighted by atomic mass is 16.8. The van der Waals surface area contributed by atoms with Crippen LogP contribution in [0.4, 0.5) is 5.82 Å². The lowest BCUT2D eigenvalue weighted by Gasteiger charge is -2.48. The molecule has 25 heavy (non-hydrogen) atoms. The van der Waals surface area contributed by atoms with E-state index in [1.165, 1.54) is 6.33 Å². The van der Waals surface area contributed by atoms with Crippen LogP contribution in [0.3, 0.4) is 0 Å². The molecule has 0 radical (unpaired) electrons. The Morgan fingerprint density at radius 2 is 2.04 bits per heavy atom. The van der Waals surface area contributed by atoms with Crippen molar-refractivity contribution in [1.82, 2.24) is 19.5 Å². The molecule has 2 aliphatic carbocycles. The molecule has 3 aliphatic rings. The van der Waals surface area contributed by atoms with Crippen LogP contribution in [-0.2, 0) is 9.47 Å². The molecule has 3 N–H and O–H groups in total. The summed E-state index contributed by atoms with van der Waals surface area (Å²) in [7, 11) is 0. The van der Waals surface area contributed by atoms with E-state index in [-0.39, 0.29) is 30.3 Å². The van der Waals surface area contributed by atoms with E-state index < -0.39 is 5.79 Å². The Bertz CT molecular complexity index is 829. The van der Waals surface area contributed by atoms with Gasteiger partial charge in [0.05, 0.1) is 18.5 Å². The van der Waals surface area contributed by atoms with Crippen LogP contribution in [0.1, 0.15) is 39.2 Å². The molecule has 1 spiro atoms. The molecule has 134 valence electrons. The van der Waals surface area contributed by atoms with E-state index in [1.54, 1.807) is 6.33 Å². The summed E-state index contributed by atoms with van der Waals surface area (Å²) in [6.45, 7) is 4.17. The molecule has 3 heterocycles. The number of anilines is 1. The molecular formula is C17H23N5O3. The number of hydrogen-bond acceptors (Lipinski definition) is 7. The summed E-state index contributed by atoms with van der Waals surface area (Å²) in [6.07, 6.45) is 6.13. The van der Waals surface area contributed by atoms with Gasteiger partial charge in [-0.2, -0.15) is 0 Å². The molecule has 5 rings (SSSR count). The van der Waals surface area contributed by atoms with Gasteiger partial charge in [-0.1, -0.05) is 0 Å². The van der Waals surface area contributed by atoms with E-state index in [1.807, 2.05) is 13.8 Å². The van der Waals surface area contributed by atoms with Crippen LogP contribution in [0.25, 0.3) is 11.2 Å². The van der Waals surface area contributed by atoms with Gasteiger partial charge in [-0.15, -0.1) is 0 Å². The smallest absolute Gasteiger partial charge is 0.165 e. The molecular weight excluding hydrogens is 322 g/mol. The fourth-order valence-electron chi connectivity index (χ4n) is 5.18. The first-order chi connectivity index (χ1) is 11.9. The number of fused-ring (bicyclic) bond motifs is 3. The van der Waals surface area contributed by atoms with Crippen molar-refractivity contribution in [2.45, 2.75) is 57.1 Å². The number of hydrogen-bond donors (Lipinski definition) is 2. The summed E-state index contributed by atoms with van der Waals surface area (Å²) in [5, 5.41) is 9.48. The third-order valence-corrected chi connectivity index (χ3v) is 6.12. The fraction of sp³-hybridized carbons (Fsp3) is 0.706. The van der Waals surface area contributed by atoms with E-state index in [0.29, 0.717) is 17.3 Å². The summed E-state index contributed by atoms with van der Waals surface area (Å²) >= 11 is 0. The van der Waals surface area contributed by atoms with E-state index >= 15 is 0 Å². The predicted molar refractivity (Wildman–Crippen MR) is 89.5 cm³/mol. The molecule has 0 unspecified atom stereocenters. The minimum atomic E-state index is -0.601. The molecule has 8 heteroatoms. The molecule has 3 fully saturated rings. The van der Waals surface area contributed by atoms with Gasteiger partial charge < -0.3 is 24.9 Å². The first-order valence-electron chi connectivity index (χ1n) is 8.82. The van der Waals surface area contributed by atoms with Gasteiger partial charge >= 0.3 is 0 Å². The standard InChI is InChI=1S/C17H23N5O3/c1-16(2)24-12-10(5-17(13(12)25-16)3-9(4-17)6-23)22-8-21-11-14(18)19-7-20-15(11)22/h7-10,12-13,23H,3-6H2,1-2H3,(H2,18,19,20)/t9-,10-,12+,13+,17+/m1/s1. The summed E-state index contributed by atoms with van der Waals surface area (Å²) in [5.41, 5.74) is 7.36. The van der Waals surface area contributed by atoms with Gasteiger partial charge in [0.2, 0.25) is 0 Å². The Morgan fingerprint density at radius 1 is 1.24 bits per heavy atom. The molecule has 2 aromatic heterocycles. The van der Waals surface area contributed by atoms with E-state index in [9.17, 15) is 5.11 Å². The highest BCUT2D eigenvalue weighted by Gasteiger charge is 2.65. The minimum Gasteiger partial charge on any atom is -0.396 e. The van der Waals surface area contributed by atoms with Crippen LogP contribution in [0.2, 0.25) is 0 Å². The number of nitrogens with zero attached hydrogens (tertiary/aromatic N) is 4. The monoisotopic (exact) mass is 345 g/mol. The predicted octanol–water partition coefficient (Wildman–Crippen LogP) is 1.26. The third-order valence-electron chi connectivity index (χ3n) is 6.12. The molecule has 2 saturated carbocycles. The number of aromatic nitrogens is 4. The van der Waals surface area contributed by atoms with Crippen molar-refractivity contribution in [2.24, 2.45) is 11.3 Å². The van der Waals surface area contributed by atoms with Crippen LogP contribution in [0.15, 0.2) is 12.7 Å². The zero-order valence-electron chi connectivity index (χ0n) is 14.4. The van der Waals surface area contributed by atoms with Crippen LogP contribution in [0.5, 0.6) is 0 Å². The van der Waals surface area contributed by atoms with Gasteiger partial charge in [0.1, 0.15) is 17.9 Å². The molecule has 2 aromatic rings. The molecule has 1 aliphatic heterocycles. The van der Waals surface area contributed by atoms with Gasteiger partial charge in [0.15, 0.2) is 17.3 Å². The van der Waals surface area contributed by atoms with Crippen LogP contribution >= 0.6 is 0 Å². The summed E-state index contributed by atoms with van der Waals surface area (Å²) in [4.78, 5) is 12.8. The lowest BCUT2D eigenvalue weighted by molar-refractivity contribution is -0.183. The Balaban J connectivity index is 1.56. The van der Waals surface area contributed by atoms with Crippen LogP contribution in [0, 0.1) is 11.3 Å². The quantitative estimate of drug-likeness (QED) is 0.843. The second-order valence-corrected chi connectivity index (χ2v) is 8.19. The van der Waals surface area contributed by atoms with E-state index in [2.05, 4.69) is 19.5 Å². The number of ether oxygens (including phenoxy) is 2. The molecule has 0 amide bonds. The first kappa shape index (κ1) is 15.5. The Labute approximate surface area is 145 Å². The Morgan fingerprint density at radius 3 is 2.80 bits per heavy atom. The molecule has 1 saturated heterocycles. The average Bonchev–Trinajstić information content (AvgIpc) is 3.16. The van der Waals surface area contributed by atoms with Gasteiger partial charge in [0, 0.05) is 12.0 Å². The third kappa shape index (κ3) is 2.07. The maximum Gasteiger partial charge on any atom is 0.165 e. The van der Waals surface area contributed by atoms with Crippen molar-refractivity contribution < 1.29 is 14.6 Å². The van der Waals surface area contributed by atoms with Crippen molar-refractivity contribution >= 4 is 17.0 Å². The second-order valence-electron chi connectivity index (χ2n) is 8.19. The average molecular weight is 345 g/mol. The number of aliphatic hydroxyl groups is 1. The second kappa shape index (κ2) is 4.90. The molecule has 8 nitrogen and oxygen atoms in total. The fourth-order valence-corrected chi connectivity index (χ4v) is 5.18. The number of aliphatic hydroxyl groups excluding tert-OH is 1. The molecule has 0 aromatic carbocycles. The minimum absolute atomic E-state index is 0.0342. The van der Waals surface area contributed by atoms with Crippen molar-refractivity contribution in [3.05, 3.63) is 12.7 Å². The normalized spacial score (nSPS) is 39.0. The van der Waals surface area contributed by atoms with Crippen molar-refractivity contribution in [3.63, 3.8) is 0 Å². The summed E-state index contributed by atoms with van der Waals surface area (Å²) in [6, 6.07) is 0.0886. The zero-order valence-corrected chi connectivity index (χ0v) is 14.4. The Hall–Kier alpha value is -1.77. The van der Waals surface area contributed by atoms with Gasteiger partial charge in [-0.25, -0.2) is 15.0 Å². The van der Waals surface area contributed by atoms with Gasteiger partial charge in [-0.3, -0.25) is 0 Å². The van der Waals surface area contributed by atoms with Crippen molar-refractivity contribution in [2.75, 3.05) is 12.3 Å². The van der Waals surface area contributed by atoms with Crippen molar-refractivity contribution in [3.8, 4) is 0 Å². The van der Waals surface area contributed by atoms with E-state index in [4.69, 9.17) is 15.2 Å². The first-order valence-corrected chi connectivity index (χ1v) is 8.82. The van der Waals surface area contributed by atoms with Crippen molar-refractivity contribution in [1.29, 1.82) is 0 Å². The highest BCUT2D eigenvalue weighted by Crippen LogP contribution is 2.63. The van der Waals surface area contributed by atoms with Crippen LogP contribution < -0.4 is 5.73 Å². The molecule has 0 bridgehead atoms. The number of nitrogens with two attached hydrogens (primary N) is 1. The largest absolute Gasteiger partial charge is 0.396 e. The Kier molecular flexibility index (Phi) is 3.03. The van der Waals surface area contributed by atoms with Gasteiger partial charge in [-0.05, 0) is 39.0 Å². The maximum atomic E-state index is 9.48. The van der Waals surface area contributed by atoms with E-state index in [0.717, 1.165) is 24.9 Å². The number of nitrogen functional groups attached to an aromatic ring is 1. The lowest BCUT2D eigenvalue weighted by Crippen LogP contribution is -2.47. The number of rotatable bonds is 2. The lowest BCUT2D eigenvalue weighted by atomic mass is 9.60. The topological polar surface area (TPSA) is 108 Å². The summed E-state index contributed by atoms with van der Waals surface area (Å²) in [5.74, 6) is 0.153. The van der Waals surface area contributed by atoms with Crippen LogP contribution in [-0.4, -0.2) is 49.2 Å². The number of imidazole rings is 1. The highest BCUT2D eigenvalue weighted by molar-refractivity contribution is 5.81. The molecule has 3 atom stereocenters. The zero-order chi connectivity index (χ0) is 17.4. The maximum absolute atomic E-state index is 9.48.